The lowest BCUT2D eigenvalue weighted by Crippen LogP contribution is -2.36. The fraction of sp³-hybridized carbons (Fsp3) is 0.250. The average molecular weight is 318 g/mol. The van der Waals surface area contributed by atoms with Gasteiger partial charge in [0.15, 0.2) is 0 Å². The number of methoxy groups -OCH3 is 1. The van der Waals surface area contributed by atoms with Crippen molar-refractivity contribution in [1.82, 2.24) is 10.6 Å². The van der Waals surface area contributed by atoms with Crippen molar-refractivity contribution >= 4 is 23.2 Å². The first-order valence-corrected chi connectivity index (χ1v) is 7.81. The molecule has 0 saturated heterocycles. The van der Waals surface area contributed by atoms with Crippen molar-refractivity contribution in [2.75, 3.05) is 26.8 Å². The summed E-state index contributed by atoms with van der Waals surface area (Å²) in [4.78, 5) is 23.3. The van der Waals surface area contributed by atoms with E-state index in [0.29, 0.717) is 18.7 Å². The molecule has 1 heterocycles. The maximum Gasteiger partial charge on any atom is 0.251 e. The largest absolute Gasteiger partial charge is 0.375 e. The van der Waals surface area contributed by atoms with Crippen LogP contribution in [-0.4, -0.2) is 38.6 Å². The molecule has 6 heteroatoms. The molecule has 2 amide bonds. The molecule has 0 aliphatic heterocycles. The Kier molecular flexibility index (Phi) is 6.12. The fourth-order valence-corrected chi connectivity index (χ4v) is 2.60. The number of benzene rings is 1. The van der Waals surface area contributed by atoms with Gasteiger partial charge in [-0.2, -0.15) is 11.3 Å². The van der Waals surface area contributed by atoms with Crippen molar-refractivity contribution in [2.45, 2.75) is 0 Å². The molecule has 0 bridgehead atoms. The van der Waals surface area contributed by atoms with E-state index < -0.39 is 0 Å². The highest BCUT2D eigenvalue weighted by Crippen LogP contribution is 2.22. The second-order valence-corrected chi connectivity index (χ2v) is 5.41. The van der Waals surface area contributed by atoms with Crippen LogP contribution in [0.1, 0.15) is 10.4 Å². The third-order valence-electron chi connectivity index (χ3n) is 2.99. The van der Waals surface area contributed by atoms with E-state index in [2.05, 4.69) is 10.6 Å². The summed E-state index contributed by atoms with van der Waals surface area (Å²) in [5.74, 6) is -0.353. The standard InChI is InChI=1S/C16H18N2O3S/c1-21-10-15(19)17-6-7-18-16(20)13-4-2-3-12(9-13)14-5-8-22-11-14/h2-5,8-9,11H,6-7,10H2,1H3,(H,17,19)(H,18,20). The van der Waals surface area contributed by atoms with E-state index in [1.165, 1.54) is 7.11 Å². The third-order valence-corrected chi connectivity index (χ3v) is 3.67. The van der Waals surface area contributed by atoms with E-state index in [4.69, 9.17) is 4.74 Å². The van der Waals surface area contributed by atoms with Crippen molar-refractivity contribution in [3.8, 4) is 11.1 Å². The predicted molar refractivity (Wildman–Crippen MR) is 87.0 cm³/mol. The van der Waals surface area contributed by atoms with Crippen molar-refractivity contribution in [3.05, 3.63) is 46.7 Å². The quantitative estimate of drug-likeness (QED) is 0.766. The molecule has 1 aromatic carbocycles. The van der Waals surface area contributed by atoms with Crippen molar-refractivity contribution in [1.29, 1.82) is 0 Å². The molecule has 2 rings (SSSR count). The molecule has 0 saturated carbocycles. The maximum absolute atomic E-state index is 12.1. The van der Waals surface area contributed by atoms with E-state index >= 15 is 0 Å². The van der Waals surface area contributed by atoms with Gasteiger partial charge in [-0.3, -0.25) is 9.59 Å². The summed E-state index contributed by atoms with van der Waals surface area (Å²) in [6, 6.07) is 9.49. The summed E-state index contributed by atoms with van der Waals surface area (Å²) in [5.41, 5.74) is 2.72. The van der Waals surface area contributed by atoms with Gasteiger partial charge in [0.25, 0.3) is 5.91 Å². The van der Waals surface area contributed by atoms with Crippen molar-refractivity contribution in [2.24, 2.45) is 0 Å². The normalized spacial score (nSPS) is 10.2. The Morgan fingerprint density at radius 1 is 1.14 bits per heavy atom. The number of ether oxygens (including phenoxy) is 1. The number of rotatable bonds is 7. The van der Waals surface area contributed by atoms with Gasteiger partial charge in [-0.1, -0.05) is 12.1 Å². The second kappa shape index (κ2) is 8.31. The minimum absolute atomic E-state index is 0.0244. The first kappa shape index (κ1) is 16.2. The van der Waals surface area contributed by atoms with Crippen LogP contribution < -0.4 is 10.6 Å². The second-order valence-electron chi connectivity index (χ2n) is 4.63. The Balaban J connectivity index is 1.85. The zero-order valence-electron chi connectivity index (χ0n) is 12.3. The van der Waals surface area contributed by atoms with Gasteiger partial charge in [0, 0.05) is 25.8 Å². The highest BCUT2D eigenvalue weighted by atomic mass is 32.1. The molecular formula is C16H18N2O3S. The van der Waals surface area contributed by atoms with E-state index in [1.807, 2.05) is 35.0 Å². The van der Waals surface area contributed by atoms with Gasteiger partial charge < -0.3 is 15.4 Å². The first-order chi connectivity index (χ1) is 10.7. The molecule has 116 valence electrons. The van der Waals surface area contributed by atoms with Gasteiger partial charge in [0.1, 0.15) is 6.61 Å². The van der Waals surface area contributed by atoms with Crippen LogP contribution in [0, 0.1) is 0 Å². The molecule has 2 aromatic rings. The molecule has 0 atom stereocenters. The van der Waals surface area contributed by atoms with Crippen molar-refractivity contribution in [3.63, 3.8) is 0 Å². The summed E-state index contributed by atoms with van der Waals surface area (Å²) in [7, 11) is 1.46. The van der Waals surface area contributed by atoms with Gasteiger partial charge in [-0.25, -0.2) is 0 Å². The molecule has 1 aromatic heterocycles. The number of hydrogen-bond acceptors (Lipinski definition) is 4. The number of carbonyl (C=O) groups is 2. The zero-order chi connectivity index (χ0) is 15.8. The number of thiophene rings is 1. The smallest absolute Gasteiger partial charge is 0.251 e. The van der Waals surface area contributed by atoms with Gasteiger partial charge in [-0.05, 0) is 40.1 Å². The summed E-state index contributed by atoms with van der Waals surface area (Å²) in [6.07, 6.45) is 0. The zero-order valence-corrected chi connectivity index (χ0v) is 13.1. The lowest BCUT2D eigenvalue weighted by atomic mass is 10.1. The average Bonchev–Trinajstić information content (AvgIpc) is 3.06. The number of nitrogens with one attached hydrogen (secondary N) is 2. The SMILES string of the molecule is COCC(=O)NCCNC(=O)c1cccc(-c2ccsc2)c1. The molecule has 0 aliphatic rings. The lowest BCUT2D eigenvalue weighted by molar-refractivity contribution is -0.124. The van der Waals surface area contributed by atoms with Crippen LogP contribution in [0.4, 0.5) is 0 Å². The topological polar surface area (TPSA) is 67.4 Å². The predicted octanol–water partition coefficient (Wildman–Crippen LogP) is 1.91. The highest BCUT2D eigenvalue weighted by Gasteiger charge is 2.07. The van der Waals surface area contributed by atoms with E-state index in [0.717, 1.165) is 11.1 Å². The molecule has 0 aliphatic carbocycles. The van der Waals surface area contributed by atoms with Crippen LogP contribution in [0.15, 0.2) is 41.1 Å². The third kappa shape index (κ3) is 4.68. The summed E-state index contributed by atoms with van der Waals surface area (Å²) < 4.78 is 4.70. The fourth-order valence-electron chi connectivity index (χ4n) is 1.93. The number of hydrogen-bond donors (Lipinski definition) is 2. The Hall–Kier alpha value is -2.18. The van der Waals surface area contributed by atoms with Crippen molar-refractivity contribution < 1.29 is 14.3 Å². The van der Waals surface area contributed by atoms with Gasteiger partial charge in [-0.15, -0.1) is 0 Å². The summed E-state index contributed by atoms with van der Waals surface area (Å²) >= 11 is 1.62. The van der Waals surface area contributed by atoms with Gasteiger partial charge in [0.2, 0.25) is 5.91 Å². The molecule has 0 radical (unpaired) electrons. The Morgan fingerprint density at radius 3 is 2.68 bits per heavy atom. The number of amides is 2. The molecular weight excluding hydrogens is 300 g/mol. The number of carbonyl (C=O) groups excluding carboxylic acids is 2. The minimum atomic E-state index is -0.198. The van der Waals surface area contributed by atoms with Crippen LogP contribution in [0.3, 0.4) is 0 Å². The maximum atomic E-state index is 12.1. The molecule has 2 N–H and O–H groups in total. The van der Waals surface area contributed by atoms with Crippen LogP contribution in [0.2, 0.25) is 0 Å². The Labute approximate surface area is 133 Å². The lowest BCUT2D eigenvalue weighted by Gasteiger charge is -2.08. The summed E-state index contributed by atoms with van der Waals surface area (Å²) in [6.45, 7) is 0.770. The van der Waals surface area contributed by atoms with E-state index in [1.54, 1.807) is 17.4 Å². The van der Waals surface area contributed by atoms with Crippen LogP contribution in [-0.2, 0) is 9.53 Å². The molecule has 0 unspecified atom stereocenters. The van der Waals surface area contributed by atoms with E-state index in [9.17, 15) is 9.59 Å². The highest BCUT2D eigenvalue weighted by molar-refractivity contribution is 7.08. The van der Waals surface area contributed by atoms with Crippen LogP contribution >= 0.6 is 11.3 Å². The Morgan fingerprint density at radius 2 is 1.95 bits per heavy atom. The van der Waals surface area contributed by atoms with Gasteiger partial charge >= 0.3 is 0 Å². The monoisotopic (exact) mass is 318 g/mol. The minimum Gasteiger partial charge on any atom is -0.375 e. The van der Waals surface area contributed by atoms with Gasteiger partial charge in [0.05, 0.1) is 0 Å². The summed E-state index contributed by atoms with van der Waals surface area (Å²) in [5, 5.41) is 9.47. The first-order valence-electron chi connectivity index (χ1n) is 6.87. The Bertz CT molecular complexity index is 626. The molecule has 5 nitrogen and oxygen atoms in total. The molecule has 22 heavy (non-hydrogen) atoms. The molecule has 0 fully saturated rings. The van der Waals surface area contributed by atoms with E-state index in [-0.39, 0.29) is 18.4 Å². The van der Waals surface area contributed by atoms with Crippen LogP contribution in [0.5, 0.6) is 0 Å². The van der Waals surface area contributed by atoms with Crippen LogP contribution in [0.25, 0.3) is 11.1 Å². The molecule has 0 spiro atoms.